The number of carbonyl (C=O) groups excluding carboxylic acids is 1. The molecule has 1 aromatic carbocycles. The number of amides is 1. The van der Waals surface area contributed by atoms with Crippen LogP contribution >= 0.6 is 23.4 Å². The molecular weight excluding hydrogens is 308 g/mol. The van der Waals surface area contributed by atoms with Crippen molar-refractivity contribution in [3.63, 3.8) is 0 Å². The van der Waals surface area contributed by atoms with Crippen LogP contribution in [0.5, 0.6) is 5.75 Å². The molecule has 0 fully saturated rings. The molecule has 0 radical (unpaired) electrons. The van der Waals surface area contributed by atoms with Crippen LogP contribution in [0.2, 0.25) is 5.02 Å². The quantitative estimate of drug-likeness (QED) is 0.849. The summed E-state index contributed by atoms with van der Waals surface area (Å²) in [6, 6.07) is 10.7. The number of aromatic nitrogens is 1. The molecule has 0 aliphatic heterocycles. The van der Waals surface area contributed by atoms with Crippen molar-refractivity contribution in [1.29, 1.82) is 0 Å². The van der Waals surface area contributed by atoms with E-state index in [0.717, 1.165) is 11.4 Å². The number of rotatable bonds is 5. The summed E-state index contributed by atoms with van der Waals surface area (Å²) in [6.45, 7) is 1.81. The number of halogens is 1. The Morgan fingerprint density at radius 2 is 2.05 bits per heavy atom. The Morgan fingerprint density at radius 3 is 2.67 bits per heavy atom. The van der Waals surface area contributed by atoms with Crippen molar-refractivity contribution < 1.29 is 9.53 Å². The fourth-order valence-electron chi connectivity index (χ4n) is 1.60. The molecular formula is C15H15ClN2O2S. The molecule has 1 amide bonds. The molecule has 0 saturated carbocycles. The SMILES string of the molecule is COc1ccc(NC(=O)C(C)Sc2ncccc2Cl)cc1. The molecule has 4 nitrogen and oxygen atoms in total. The number of pyridine rings is 1. The number of nitrogens with zero attached hydrogens (tertiary/aromatic N) is 1. The number of methoxy groups -OCH3 is 1. The third-order valence-corrected chi connectivity index (χ3v) is 4.27. The summed E-state index contributed by atoms with van der Waals surface area (Å²) in [6.07, 6.45) is 1.66. The zero-order valence-corrected chi connectivity index (χ0v) is 13.2. The summed E-state index contributed by atoms with van der Waals surface area (Å²) in [4.78, 5) is 16.3. The fourth-order valence-corrected chi connectivity index (χ4v) is 2.66. The van der Waals surface area contributed by atoms with Gasteiger partial charge in [0.15, 0.2) is 0 Å². The fraction of sp³-hybridized carbons (Fsp3) is 0.200. The Hall–Kier alpha value is -1.72. The Bertz CT molecular complexity index is 619. The molecule has 1 heterocycles. The van der Waals surface area contributed by atoms with E-state index in [1.807, 2.05) is 6.92 Å². The molecule has 21 heavy (non-hydrogen) atoms. The number of hydrogen-bond acceptors (Lipinski definition) is 4. The highest BCUT2D eigenvalue weighted by Crippen LogP contribution is 2.28. The first-order valence-electron chi connectivity index (χ1n) is 6.32. The van der Waals surface area contributed by atoms with E-state index in [-0.39, 0.29) is 11.2 Å². The lowest BCUT2D eigenvalue weighted by molar-refractivity contribution is -0.115. The Kier molecular flexibility index (Phi) is 5.47. The highest BCUT2D eigenvalue weighted by atomic mass is 35.5. The second kappa shape index (κ2) is 7.33. The third kappa shape index (κ3) is 4.37. The van der Waals surface area contributed by atoms with Gasteiger partial charge in [-0.05, 0) is 43.3 Å². The van der Waals surface area contributed by atoms with E-state index in [1.54, 1.807) is 49.7 Å². The average Bonchev–Trinajstić information content (AvgIpc) is 2.50. The lowest BCUT2D eigenvalue weighted by Crippen LogP contribution is -2.22. The minimum absolute atomic E-state index is 0.105. The van der Waals surface area contributed by atoms with Gasteiger partial charge >= 0.3 is 0 Å². The van der Waals surface area contributed by atoms with Crippen LogP contribution in [0.4, 0.5) is 5.69 Å². The molecule has 0 aliphatic carbocycles. The summed E-state index contributed by atoms with van der Waals surface area (Å²) in [5, 5.41) is 3.74. The van der Waals surface area contributed by atoms with Gasteiger partial charge in [0.1, 0.15) is 10.8 Å². The van der Waals surface area contributed by atoms with E-state index < -0.39 is 0 Å². The van der Waals surface area contributed by atoms with Gasteiger partial charge in [-0.2, -0.15) is 0 Å². The molecule has 0 aliphatic rings. The van der Waals surface area contributed by atoms with Gasteiger partial charge in [-0.15, -0.1) is 0 Å². The molecule has 6 heteroatoms. The molecule has 2 rings (SSSR count). The van der Waals surface area contributed by atoms with Crippen LogP contribution < -0.4 is 10.1 Å². The summed E-state index contributed by atoms with van der Waals surface area (Å²) < 4.78 is 5.07. The van der Waals surface area contributed by atoms with Crippen molar-refractivity contribution >= 4 is 35.0 Å². The highest BCUT2D eigenvalue weighted by molar-refractivity contribution is 8.00. The smallest absolute Gasteiger partial charge is 0.237 e. The monoisotopic (exact) mass is 322 g/mol. The number of ether oxygens (including phenoxy) is 1. The summed E-state index contributed by atoms with van der Waals surface area (Å²) >= 11 is 7.36. The van der Waals surface area contributed by atoms with E-state index >= 15 is 0 Å². The molecule has 1 aromatic heterocycles. The third-order valence-electron chi connectivity index (χ3n) is 2.74. The van der Waals surface area contributed by atoms with Gasteiger partial charge in [0.2, 0.25) is 5.91 Å². The molecule has 0 spiro atoms. The molecule has 110 valence electrons. The maximum atomic E-state index is 12.1. The van der Waals surface area contributed by atoms with Crippen LogP contribution in [0.25, 0.3) is 0 Å². The van der Waals surface area contributed by atoms with Crippen LogP contribution in [-0.4, -0.2) is 23.3 Å². The number of carbonyl (C=O) groups is 1. The minimum atomic E-state index is -0.306. The first-order chi connectivity index (χ1) is 10.1. The van der Waals surface area contributed by atoms with Gasteiger partial charge < -0.3 is 10.1 Å². The predicted octanol–water partition coefficient (Wildman–Crippen LogP) is 3.86. The van der Waals surface area contributed by atoms with Crippen molar-refractivity contribution in [3.05, 3.63) is 47.6 Å². The lowest BCUT2D eigenvalue weighted by atomic mass is 10.3. The predicted molar refractivity (Wildman–Crippen MR) is 86.2 cm³/mol. The summed E-state index contributed by atoms with van der Waals surface area (Å²) in [7, 11) is 1.60. The molecule has 1 atom stereocenters. The Morgan fingerprint density at radius 1 is 1.33 bits per heavy atom. The lowest BCUT2D eigenvalue weighted by Gasteiger charge is -2.12. The van der Waals surface area contributed by atoms with Crippen molar-refractivity contribution in [2.24, 2.45) is 0 Å². The first-order valence-corrected chi connectivity index (χ1v) is 7.58. The van der Waals surface area contributed by atoms with Crippen LogP contribution in [0.15, 0.2) is 47.6 Å². The standard InChI is InChI=1S/C15H15ClN2O2S/c1-10(21-15-13(16)4-3-9-17-15)14(19)18-11-5-7-12(20-2)8-6-11/h3-10H,1-2H3,(H,18,19). The summed E-state index contributed by atoms with van der Waals surface area (Å²) in [5.74, 6) is 0.641. The van der Waals surface area contributed by atoms with Crippen molar-refractivity contribution in [2.75, 3.05) is 12.4 Å². The Balaban J connectivity index is 1.97. The number of nitrogens with one attached hydrogen (secondary N) is 1. The largest absolute Gasteiger partial charge is 0.497 e. The Labute approximate surface area is 132 Å². The van der Waals surface area contributed by atoms with Crippen molar-refractivity contribution in [1.82, 2.24) is 4.98 Å². The van der Waals surface area contributed by atoms with E-state index in [4.69, 9.17) is 16.3 Å². The second-order valence-corrected chi connectivity index (χ2v) is 6.00. The maximum absolute atomic E-state index is 12.1. The summed E-state index contributed by atoms with van der Waals surface area (Å²) in [5.41, 5.74) is 0.723. The zero-order valence-electron chi connectivity index (χ0n) is 11.7. The van der Waals surface area contributed by atoms with Crippen LogP contribution in [0, 0.1) is 0 Å². The number of hydrogen-bond donors (Lipinski definition) is 1. The van der Waals surface area contributed by atoms with E-state index in [1.165, 1.54) is 11.8 Å². The molecule has 1 N–H and O–H groups in total. The van der Waals surface area contributed by atoms with E-state index in [9.17, 15) is 4.79 Å². The van der Waals surface area contributed by atoms with Crippen molar-refractivity contribution in [2.45, 2.75) is 17.2 Å². The normalized spacial score (nSPS) is 11.8. The molecule has 2 aromatic rings. The van der Waals surface area contributed by atoms with Gasteiger partial charge in [0.05, 0.1) is 17.4 Å². The average molecular weight is 323 g/mol. The van der Waals surface area contributed by atoms with Gasteiger partial charge in [-0.25, -0.2) is 4.98 Å². The van der Waals surface area contributed by atoms with Gasteiger partial charge in [-0.3, -0.25) is 4.79 Å². The van der Waals surface area contributed by atoms with E-state index in [2.05, 4.69) is 10.3 Å². The van der Waals surface area contributed by atoms with Gasteiger partial charge in [-0.1, -0.05) is 23.4 Å². The minimum Gasteiger partial charge on any atom is -0.497 e. The van der Waals surface area contributed by atoms with Crippen molar-refractivity contribution in [3.8, 4) is 5.75 Å². The number of anilines is 1. The molecule has 0 saturated heterocycles. The topological polar surface area (TPSA) is 51.2 Å². The van der Waals surface area contributed by atoms with E-state index in [0.29, 0.717) is 10.0 Å². The number of benzene rings is 1. The van der Waals surface area contributed by atoms with Crippen LogP contribution in [0.3, 0.4) is 0 Å². The zero-order chi connectivity index (χ0) is 15.2. The molecule has 0 bridgehead atoms. The maximum Gasteiger partial charge on any atom is 0.237 e. The van der Waals surface area contributed by atoms with Crippen LogP contribution in [-0.2, 0) is 4.79 Å². The first kappa shape index (κ1) is 15.7. The van der Waals surface area contributed by atoms with Gasteiger partial charge in [0, 0.05) is 11.9 Å². The number of thioether (sulfide) groups is 1. The molecule has 1 unspecified atom stereocenters. The van der Waals surface area contributed by atoms with Crippen LogP contribution in [0.1, 0.15) is 6.92 Å². The van der Waals surface area contributed by atoms with Gasteiger partial charge in [0.25, 0.3) is 0 Å². The highest BCUT2D eigenvalue weighted by Gasteiger charge is 2.16. The second-order valence-electron chi connectivity index (χ2n) is 4.27.